The molecule has 2 rings (SSSR count). The molecule has 148 valence electrons. The van der Waals surface area contributed by atoms with Gasteiger partial charge in [-0.25, -0.2) is 4.79 Å². The summed E-state index contributed by atoms with van der Waals surface area (Å²) >= 11 is 0. The Hall–Kier alpha value is -3.46. The number of carbonyl (C=O) groups is 2. The Morgan fingerprint density at radius 3 is 2.43 bits per heavy atom. The highest BCUT2D eigenvalue weighted by molar-refractivity contribution is 5.79. The first-order chi connectivity index (χ1) is 13.4. The minimum absolute atomic E-state index is 0.0209. The number of ether oxygens (including phenoxy) is 1. The summed E-state index contributed by atoms with van der Waals surface area (Å²) in [5.41, 5.74) is 1.32. The zero-order valence-corrected chi connectivity index (χ0v) is 15.0. The summed E-state index contributed by atoms with van der Waals surface area (Å²) in [4.78, 5) is 33.2. The maximum absolute atomic E-state index is 11.9. The number of hydrogen-bond donors (Lipinski definition) is 3. The van der Waals surface area contributed by atoms with E-state index >= 15 is 0 Å². The van der Waals surface area contributed by atoms with E-state index in [1.807, 2.05) is 0 Å². The van der Waals surface area contributed by atoms with Crippen LogP contribution in [0.3, 0.4) is 0 Å². The molecule has 9 nitrogen and oxygen atoms in total. The molecule has 0 aliphatic heterocycles. The number of nitro benzene ring substituents is 1. The van der Waals surface area contributed by atoms with Crippen LogP contribution in [0.5, 0.6) is 5.75 Å². The van der Waals surface area contributed by atoms with Crippen molar-refractivity contribution in [3.63, 3.8) is 0 Å². The van der Waals surface area contributed by atoms with Gasteiger partial charge in [-0.1, -0.05) is 24.3 Å². The molecule has 0 radical (unpaired) electrons. The number of non-ortho nitro benzene ring substituents is 1. The van der Waals surface area contributed by atoms with Crippen molar-refractivity contribution in [2.75, 3.05) is 13.2 Å². The lowest BCUT2D eigenvalue weighted by Gasteiger charge is -2.09. The fourth-order valence-corrected chi connectivity index (χ4v) is 2.55. The molecule has 0 atom stereocenters. The summed E-state index contributed by atoms with van der Waals surface area (Å²) in [5.74, 6) is -0.177. The van der Waals surface area contributed by atoms with Crippen molar-refractivity contribution in [2.24, 2.45) is 0 Å². The average molecular weight is 388 g/mol. The molecule has 3 N–H and O–H groups in total. The normalized spacial score (nSPS) is 10.3. The molecule has 0 saturated carbocycles. The van der Waals surface area contributed by atoms with Crippen molar-refractivity contribution in [3.8, 4) is 16.9 Å². The first-order valence-electron chi connectivity index (χ1n) is 8.57. The molecular weight excluding hydrogens is 368 g/mol. The van der Waals surface area contributed by atoms with Crippen LogP contribution in [0.4, 0.5) is 10.5 Å². The van der Waals surface area contributed by atoms with Gasteiger partial charge in [0.2, 0.25) is 5.91 Å². The van der Waals surface area contributed by atoms with Crippen molar-refractivity contribution in [1.29, 1.82) is 0 Å². The molecule has 0 saturated heterocycles. The van der Waals surface area contributed by atoms with Crippen molar-refractivity contribution in [3.05, 3.63) is 58.1 Å². The molecule has 0 fully saturated rings. The predicted octanol–water partition coefficient (Wildman–Crippen LogP) is 2.75. The molecule has 0 unspecified atom stereocenters. The van der Waals surface area contributed by atoms with Gasteiger partial charge in [0.05, 0.1) is 11.3 Å². The second kappa shape index (κ2) is 10.0. The third-order valence-electron chi connectivity index (χ3n) is 3.91. The number of aliphatic hydroxyl groups excluding tert-OH is 1. The number of rotatable bonds is 9. The smallest absolute Gasteiger partial charge is 0.449 e. The van der Waals surface area contributed by atoms with Crippen LogP contribution in [0.2, 0.25) is 0 Å². The van der Waals surface area contributed by atoms with E-state index in [-0.39, 0.29) is 35.9 Å². The number of aliphatic hydroxyl groups is 1. The molecule has 0 aliphatic carbocycles. The first kappa shape index (κ1) is 20.8. The standard InChI is InChI=1S/C19H20N2O7/c22-10-2-1-9-20-18(23)11-13-3-5-14(6-4-13)16-12-15(21(26)27)7-8-17(16)28-19(24)25/h3-8,12,22H,1-2,9-11H2,(H,20,23)(H,24,25). The van der Waals surface area contributed by atoms with Crippen molar-refractivity contribution in [2.45, 2.75) is 19.3 Å². The molecule has 9 heteroatoms. The monoisotopic (exact) mass is 388 g/mol. The molecule has 0 aliphatic rings. The summed E-state index contributed by atoms with van der Waals surface area (Å²) in [5, 5.41) is 31.3. The summed E-state index contributed by atoms with van der Waals surface area (Å²) in [7, 11) is 0. The van der Waals surface area contributed by atoms with Crippen LogP contribution in [0.25, 0.3) is 11.1 Å². The van der Waals surface area contributed by atoms with Gasteiger partial charge in [0.15, 0.2) is 0 Å². The first-order valence-corrected chi connectivity index (χ1v) is 8.57. The third kappa shape index (κ3) is 6.06. The number of carbonyl (C=O) groups excluding carboxylic acids is 1. The number of nitrogens with zero attached hydrogens (tertiary/aromatic N) is 1. The van der Waals surface area contributed by atoms with Gasteiger partial charge in [0.1, 0.15) is 5.75 Å². The molecule has 0 spiro atoms. The van der Waals surface area contributed by atoms with Gasteiger partial charge >= 0.3 is 6.16 Å². The summed E-state index contributed by atoms with van der Waals surface area (Å²) in [6.45, 7) is 0.573. The maximum Gasteiger partial charge on any atom is 0.511 e. The van der Waals surface area contributed by atoms with Crippen molar-refractivity contribution in [1.82, 2.24) is 5.32 Å². The van der Waals surface area contributed by atoms with E-state index in [0.29, 0.717) is 24.9 Å². The molecular formula is C19H20N2O7. The number of hydrogen-bond acceptors (Lipinski definition) is 6. The SMILES string of the molecule is O=C(Cc1ccc(-c2cc([N+](=O)[O-])ccc2OC(=O)O)cc1)NCCCCO. The Balaban J connectivity index is 2.15. The van der Waals surface area contributed by atoms with Crippen LogP contribution in [-0.2, 0) is 11.2 Å². The highest BCUT2D eigenvalue weighted by Gasteiger charge is 2.16. The van der Waals surface area contributed by atoms with Crippen molar-refractivity contribution < 1.29 is 29.5 Å². The fourth-order valence-electron chi connectivity index (χ4n) is 2.55. The van der Waals surface area contributed by atoms with Gasteiger partial charge in [0.25, 0.3) is 5.69 Å². The molecule has 0 heterocycles. The number of carboxylic acid groups (broad SMARTS) is 1. The zero-order chi connectivity index (χ0) is 20.5. The van der Waals surface area contributed by atoms with Crippen LogP contribution >= 0.6 is 0 Å². The quantitative estimate of drug-likeness (QED) is 0.197. The maximum atomic E-state index is 11.9. The van der Waals surface area contributed by atoms with Crippen LogP contribution in [-0.4, -0.2) is 40.4 Å². The average Bonchev–Trinajstić information content (AvgIpc) is 2.66. The van der Waals surface area contributed by atoms with E-state index < -0.39 is 11.1 Å². The van der Waals surface area contributed by atoms with Crippen LogP contribution in [0.15, 0.2) is 42.5 Å². The second-order valence-electron chi connectivity index (χ2n) is 5.96. The lowest BCUT2D eigenvalue weighted by atomic mass is 10.0. The Morgan fingerprint density at radius 2 is 1.82 bits per heavy atom. The lowest BCUT2D eigenvalue weighted by molar-refractivity contribution is -0.384. The number of nitro groups is 1. The summed E-state index contributed by atoms with van der Waals surface area (Å²) in [6, 6.07) is 10.3. The number of amides is 1. The molecule has 2 aromatic rings. The second-order valence-corrected chi connectivity index (χ2v) is 5.96. The van der Waals surface area contributed by atoms with Gasteiger partial charge in [-0.3, -0.25) is 14.9 Å². The lowest BCUT2D eigenvalue weighted by Crippen LogP contribution is -2.26. The highest BCUT2D eigenvalue weighted by atomic mass is 16.7. The molecule has 28 heavy (non-hydrogen) atoms. The fraction of sp³-hybridized carbons (Fsp3) is 0.263. The summed E-state index contributed by atoms with van der Waals surface area (Å²) < 4.78 is 4.71. The van der Waals surface area contributed by atoms with Crippen LogP contribution < -0.4 is 10.1 Å². The predicted molar refractivity (Wildman–Crippen MR) is 100 cm³/mol. The summed E-state index contributed by atoms with van der Waals surface area (Å²) in [6.07, 6.45) is -0.0453. The van der Waals surface area contributed by atoms with Crippen LogP contribution in [0.1, 0.15) is 18.4 Å². The van der Waals surface area contributed by atoms with Gasteiger partial charge in [-0.2, -0.15) is 0 Å². The topological polar surface area (TPSA) is 139 Å². The molecule has 1 amide bonds. The molecule has 0 aromatic heterocycles. The van der Waals surface area contributed by atoms with Gasteiger partial charge in [-0.05, 0) is 30.0 Å². The Morgan fingerprint density at radius 1 is 1.11 bits per heavy atom. The van der Waals surface area contributed by atoms with Crippen LogP contribution in [0, 0.1) is 10.1 Å². The number of unbranched alkanes of at least 4 members (excludes halogenated alkanes) is 1. The molecule has 2 aromatic carbocycles. The number of nitrogens with one attached hydrogen (secondary N) is 1. The zero-order valence-electron chi connectivity index (χ0n) is 15.0. The van der Waals surface area contributed by atoms with E-state index in [1.54, 1.807) is 24.3 Å². The minimum atomic E-state index is -1.52. The van der Waals surface area contributed by atoms with Gasteiger partial charge in [0, 0.05) is 30.8 Å². The Labute approximate surface area is 160 Å². The van der Waals surface area contributed by atoms with E-state index in [0.717, 1.165) is 11.6 Å². The van der Waals surface area contributed by atoms with E-state index in [9.17, 15) is 19.7 Å². The van der Waals surface area contributed by atoms with Crippen molar-refractivity contribution >= 4 is 17.7 Å². The Bertz CT molecular complexity index is 850. The largest absolute Gasteiger partial charge is 0.511 e. The van der Waals surface area contributed by atoms with Gasteiger partial charge < -0.3 is 20.3 Å². The highest BCUT2D eigenvalue weighted by Crippen LogP contribution is 2.33. The van der Waals surface area contributed by atoms with E-state index in [2.05, 4.69) is 5.32 Å². The minimum Gasteiger partial charge on any atom is -0.449 e. The third-order valence-corrected chi connectivity index (χ3v) is 3.91. The molecule has 0 bridgehead atoms. The Kier molecular flexibility index (Phi) is 7.46. The van der Waals surface area contributed by atoms with E-state index in [4.69, 9.17) is 14.9 Å². The number of benzene rings is 2. The van der Waals surface area contributed by atoms with Gasteiger partial charge in [-0.15, -0.1) is 0 Å². The van der Waals surface area contributed by atoms with E-state index in [1.165, 1.54) is 12.1 Å².